The number of ether oxygens (including phenoxy) is 1. The van der Waals surface area contributed by atoms with Gasteiger partial charge in [0.05, 0.1) is 6.10 Å². The van der Waals surface area contributed by atoms with E-state index < -0.39 is 6.10 Å². The molecule has 0 bridgehead atoms. The fourth-order valence-electron chi connectivity index (χ4n) is 4.32. The molecule has 1 saturated heterocycles. The molecule has 1 fully saturated rings. The summed E-state index contributed by atoms with van der Waals surface area (Å²) < 4.78 is 7.01. The third-order valence-corrected chi connectivity index (χ3v) is 6.89. The average molecular weight is 515 g/mol. The summed E-state index contributed by atoms with van der Waals surface area (Å²) in [6.45, 7) is 3.09. The first-order chi connectivity index (χ1) is 15.6. The van der Waals surface area contributed by atoms with Gasteiger partial charge >= 0.3 is 0 Å². The van der Waals surface area contributed by atoms with E-state index in [2.05, 4.69) is 51.2 Å². The second-order valence-electron chi connectivity index (χ2n) is 8.55. The molecular weight excluding hydrogens is 486 g/mol. The van der Waals surface area contributed by atoms with Gasteiger partial charge in [0.25, 0.3) is 0 Å². The van der Waals surface area contributed by atoms with Crippen LogP contribution in [0.15, 0.2) is 77.3 Å². The Bertz CT molecular complexity index is 988. The summed E-state index contributed by atoms with van der Waals surface area (Å²) in [6.07, 6.45) is 2.88. The molecule has 3 aromatic carbocycles. The van der Waals surface area contributed by atoms with E-state index >= 15 is 0 Å². The lowest BCUT2D eigenvalue weighted by Gasteiger charge is -2.33. The molecule has 0 saturated carbocycles. The first-order valence-electron chi connectivity index (χ1n) is 11.2. The number of likely N-dealkylation sites (tertiary alicyclic amines) is 1. The predicted molar refractivity (Wildman–Crippen MR) is 134 cm³/mol. The lowest BCUT2D eigenvalue weighted by atomic mass is 9.90. The maximum atomic E-state index is 11.1. The molecular formula is C27H29BrClNO2. The minimum atomic E-state index is -0.599. The Morgan fingerprint density at radius 2 is 1.69 bits per heavy atom. The van der Waals surface area contributed by atoms with Crippen molar-refractivity contribution in [2.45, 2.75) is 32.0 Å². The molecule has 4 rings (SSSR count). The van der Waals surface area contributed by atoms with Gasteiger partial charge in [0.15, 0.2) is 0 Å². The Morgan fingerprint density at radius 3 is 2.41 bits per heavy atom. The van der Waals surface area contributed by atoms with Crippen molar-refractivity contribution >= 4 is 27.5 Å². The molecule has 1 aliphatic heterocycles. The van der Waals surface area contributed by atoms with Crippen LogP contribution in [0.3, 0.4) is 0 Å². The molecule has 3 aromatic rings. The van der Waals surface area contributed by atoms with Crippen LogP contribution in [0.4, 0.5) is 0 Å². The summed E-state index contributed by atoms with van der Waals surface area (Å²) in [5.41, 5.74) is 3.28. The number of halogens is 2. The van der Waals surface area contributed by atoms with Crippen LogP contribution in [0.2, 0.25) is 5.02 Å². The van der Waals surface area contributed by atoms with Gasteiger partial charge in [-0.1, -0.05) is 70.0 Å². The normalized spacial score (nSPS) is 16.1. The molecule has 3 nitrogen and oxygen atoms in total. The fraction of sp³-hybridized carbons (Fsp3) is 0.333. The van der Waals surface area contributed by atoms with E-state index in [4.69, 9.17) is 16.3 Å². The van der Waals surface area contributed by atoms with Crippen LogP contribution >= 0.6 is 27.5 Å². The molecule has 0 amide bonds. The van der Waals surface area contributed by atoms with Crippen molar-refractivity contribution in [3.8, 4) is 5.75 Å². The zero-order chi connectivity index (χ0) is 22.3. The van der Waals surface area contributed by atoms with Gasteiger partial charge < -0.3 is 14.7 Å². The molecule has 168 valence electrons. The molecule has 32 heavy (non-hydrogen) atoms. The van der Waals surface area contributed by atoms with Crippen LogP contribution < -0.4 is 4.74 Å². The topological polar surface area (TPSA) is 32.7 Å². The second kappa shape index (κ2) is 11.3. The molecule has 0 aromatic heterocycles. The van der Waals surface area contributed by atoms with Gasteiger partial charge in [-0.25, -0.2) is 0 Å². The maximum absolute atomic E-state index is 11.1. The first kappa shape index (κ1) is 23.3. The highest BCUT2D eigenvalue weighted by Gasteiger charge is 2.23. The van der Waals surface area contributed by atoms with Crippen LogP contribution in [0, 0.1) is 5.92 Å². The molecule has 1 atom stereocenters. The third kappa shape index (κ3) is 6.58. The van der Waals surface area contributed by atoms with Crippen LogP contribution in [0.25, 0.3) is 0 Å². The number of β-amino-alcohol motifs (C(OH)–C–C–N with tert-alkyl or cyclic N) is 1. The number of piperidine rings is 1. The van der Waals surface area contributed by atoms with Crippen molar-refractivity contribution in [2.75, 3.05) is 19.6 Å². The van der Waals surface area contributed by atoms with Crippen molar-refractivity contribution in [3.05, 3.63) is 99.0 Å². The minimum Gasteiger partial charge on any atom is -0.489 e. The summed E-state index contributed by atoms with van der Waals surface area (Å²) in [4.78, 5) is 2.37. The zero-order valence-corrected chi connectivity index (χ0v) is 20.4. The van der Waals surface area contributed by atoms with Gasteiger partial charge in [0, 0.05) is 21.6 Å². The largest absolute Gasteiger partial charge is 0.489 e. The average Bonchev–Trinajstić information content (AvgIpc) is 2.81. The quantitative estimate of drug-likeness (QED) is 0.364. The third-order valence-electron chi connectivity index (χ3n) is 6.14. The Hall–Kier alpha value is -1.85. The van der Waals surface area contributed by atoms with Gasteiger partial charge in [-0.3, -0.25) is 0 Å². The Balaban J connectivity index is 1.33. The smallest absolute Gasteiger partial charge is 0.125 e. The number of aliphatic hydroxyl groups is 1. The van der Waals surface area contributed by atoms with Crippen molar-refractivity contribution in [2.24, 2.45) is 5.92 Å². The minimum absolute atomic E-state index is 0.434. The van der Waals surface area contributed by atoms with E-state index in [1.165, 1.54) is 18.4 Å². The summed E-state index contributed by atoms with van der Waals surface area (Å²) >= 11 is 9.51. The van der Waals surface area contributed by atoms with E-state index in [1.54, 1.807) is 0 Å². The Morgan fingerprint density at radius 1 is 0.969 bits per heavy atom. The molecule has 0 spiro atoms. The number of aliphatic hydroxyl groups excluding tert-OH is 1. The summed E-state index contributed by atoms with van der Waals surface area (Å²) in [5.74, 6) is 1.43. The molecule has 1 N–H and O–H groups in total. The lowest BCUT2D eigenvalue weighted by Crippen LogP contribution is -2.37. The predicted octanol–water partition coefficient (Wildman–Crippen LogP) is 6.67. The standard InChI is InChI=1S/C27H29BrClNO2/c28-23-8-11-27(32-19-22-6-9-24(29)10-7-22)25(17-23)26(31)18-30-14-12-21(13-15-30)16-20-4-2-1-3-5-20/h1-11,17,21,26,31H,12-16,18-19H2. The highest BCUT2D eigenvalue weighted by molar-refractivity contribution is 9.10. The summed E-state index contributed by atoms with van der Waals surface area (Å²) in [6, 6.07) is 24.2. The maximum Gasteiger partial charge on any atom is 0.125 e. The fourth-order valence-corrected chi connectivity index (χ4v) is 4.82. The number of rotatable bonds is 8. The highest BCUT2D eigenvalue weighted by Crippen LogP contribution is 2.31. The van der Waals surface area contributed by atoms with E-state index in [0.29, 0.717) is 18.2 Å². The number of hydrogen-bond donors (Lipinski definition) is 1. The first-order valence-corrected chi connectivity index (χ1v) is 12.3. The van der Waals surface area contributed by atoms with Crippen molar-refractivity contribution in [1.82, 2.24) is 4.90 Å². The molecule has 1 heterocycles. The van der Waals surface area contributed by atoms with Gasteiger partial charge in [0.2, 0.25) is 0 Å². The molecule has 1 aliphatic rings. The van der Waals surface area contributed by atoms with Crippen LogP contribution in [-0.4, -0.2) is 29.6 Å². The van der Waals surface area contributed by atoms with Gasteiger partial charge in [-0.2, -0.15) is 0 Å². The molecule has 5 heteroatoms. The summed E-state index contributed by atoms with van der Waals surface area (Å²) in [7, 11) is 0. The number of hydrogen-bond acceptors (Lipinski definition) is 3. The Labute approximate surface area is 204 Å². The molecule has 0 radical (unpaired) electrons. The van der Waals surface area contributed by atoms with Crippen LogP contribution in [0.5, 0.6) is 5.75 Å². The van der Waals surface area contributed by atoms with Crippen LogP contribution in [-0.2, 0) is 13.0 Å². The zero-order valence-electron chi connectivity index (χ0n) is 18.1. The number of benzene rings is 3. The van der Waals surface area contributed by atoms with E-state index in [-0.39, 0.29) is 0 Å². The van der Waals surface area contributed by atoms with Crippen molar-refractivity contribution < 1.29 is 9.84 Å². The Kier molecular flexibility index (Phi) is 8.26. The van der Waals surface area contributed by atoms with Gasteiger partial charge in [-0.15, -0.1) is 0 Å². The summed E-state index contributed by atoms with van der Waals surface area (Å²) in [5, 5.41) is 11.8. The van der Waals surface area contributed by atoms with Crippen LogP contribution in [0.1, 0.15) is 35.6 Å². The molecule has 1 unspecified atom stereocenters. The second-order valence-corrected chi connectivity index (χ2v) is 9.90. The van der Waals surface area contributed by atoms with Crippen molar-refractivity contribution in [3.63, 3.8) is 0 Å². The lowest BCUT2D eigenvalue weighted by molar-refractivity contribution is 0.0868. The van der Waals surface area contributed by atoms with Crippen molar-refractivity contribution in [1.29, 1.82) is 0 Å². The highest BCUT2D eigenvalue weighted by atomic mass is 79.9. The van der Waals surface area contributed by atoms with Gasteiger partial charge in [-0.05, 0) is 79.7 Å². The van der Waals surface area contributed by atoms with E-state index in [1.807, 2.05) is 42.5 Å². The number of nitrogens with zero attached hydrogens (tertiary/aromatic N) is 1. The SMILES string of the molecule is OC(CN1CCC(Cc2ccccc2)CC1)c1cc(Br)ccc1OCc1ccc(Cl)cc1. The van der Waals surface area contributed by atoms with E-state index in [0.717, 1.165) is 46.8 Å². The molecule has 0 aliphatic carbocycles. The monoisotopic (exact) mass is 513 g/mol. The van der Waals surface area contributed by atoms with Gasteiger partial charge in [0.1, 0.15) is 12.4 Å². The van der Waals surface area contributed by atoms with E-state index in [9.17, 15) is 5.11 Å².